The Kier molecular flexibility index (Phi) is 5.85. The van der Waals surface area contributed by atoms with Crippen molar-refractivity contribution in [2.24, 2.45) is 0 Å². The van der Waals surface area contributed by atoms with E-state index in [1.807, 2.05) is 6.07 Å². The first kappa shape index (κ1) is 16.5. The van der Waals surface area contributed by atoms with Gasteiger partial charge in [0.2, 0.25) is 5.91 Å². The van der Waals surface area contributed by atoms with Crippen LogP contribution in [0, 0.1) is 0 Å². The van der Waals surface area contributed by atoms with E-state index in [9.17, 15) is 4.79 Å². The van der Waals surface area contributed by atoms with E-state index in [-0.39, 0.29) is 5.91 Å². The molecule has 24 heavy (non-hydrogen) atoms. The van der Waals surface area contributed by atoms with Gasteiger partial charge in [0.25, 0.3) is 0 Å². The van der Waals surface area contributed by atoms with Crippen molar-refractivity contribution in [3.8, 4) is 0 Å². The highest BCUT2D eigenvalue weighted by atomic mass is 16.3. The van der Waals surface area contributed by atoms with Crippen molar-refractivity contribution in [1.82, 2.24) is 5.32 Å². The maximum absolute atomic E-state index is 11.8. The third kappa shape index (κ3) is 5.10. The van der Waals surface area contributed by atoms with Gasteiger partial charge in [-0.15, -0.1) is 0 Å². The van der Waals surface area contributed by atoms with Crippen LogP contribution in [-0.2, 0) is 17.9 Å². The summed E-state index contributed by atoms with van der Waals surface area (Å²) in [6, 6.07) is 12.2. The molecule has 0 aliphatic carbocycles. The third-order valence-electron chi connectivity index (χ3n) is 4.45. The minimum absolute atomic E-state index is 0.117. The molecule has 1 saturated heterocycles. The average Bonchev–Trinajstić information content (AvgIpc) is 3.14. The Bertz CT molecular complexity index is 653. The molecular formula is C20H25N2O2+. The van der Waals surface area contributed by atoms with Crippen LogP contribution in [0.25, 0.3) is 6.08 Å². The molecule has 2 N–H and O–H groups in total. The smallest absolute Gasteiger partial charge is 0.244 e. The molecule has 2 aromatic rings. The first-order valence-electron chi connectivity index (χ1n) is 8.70. The molecule has 4 nitrogen and oxygen atoms in total. The van der Waals surface area contributed by atoms with Crippen molar-refractivity contribution in [2.75, 3.05) is 13.1 Å². The first-order valence-corrected chi connectivity index (χ1v) is 8.70. The Hall–Kier alpha value is -2.33. The Morgan fingerprint density at radius 3 is 2.54 bits per heavy atom. The van der Waals surface area contributed by atoms with Crippen LogP contribution < -0.4 is 10.2 Å². The van der Waals surface area contributed by atoms with Gasteiger partial charge in [0.15, 0.2) is 0 Å². The maximum atomic E-state index is 11.8. The van der Waals surface area contributed by atoms with Gasteiger partial charge in [-0.25, -0.2) is 0 Å². The van der Waals surface area contributed by atoms with E-state index >= 15 is 0 Å². The molecule has 1 amide bonds. The molecule has 0 saturated carbocycles. The summed E-state index contributed by atoms with van der Waals surface area (Å²) in [5, 5.41) is 2.89. The van der Waals surface area contributed by atoms with Crippen molar-refractivity contribution < 1.29 is 14.1 Å². The van der Waals surface area contributed by atoms with E-state index in [1.165, 1.54) is 44.0 Å². The van der Waals surface area contributed by atoms with E-state index in [1.54, 1.807) is 23.3 Å². The molecule has 1 aromatic heterocycles. The second kappa shape index (κ2) is 8.50. The highest BCUT2D eigenvalue weighted by molar-refractivity contribution is 5.91. The summed E-state index contributed by atoms with van der Waals surface area (Å²) in [5.74, 6) is 0.558. The molecule has 1 aliphatic heterocycles. The summed E-state index contributed by atoms with van der Waals surface area (Å²) >= 11 is 0. The number of amides is 1. The van der Waals surface area contributed by atoms with E-state index in [4.69, 9.17) is 4.42 Å². The summed E-state index contributed by atoms with van der Waals surface area (Å²) in [6.45, 7) is 4.23. The van der Waals surface area contributed by atoms with Gasteiger partial charge in [0, 0.05) is 18.2 Å². The van der Waals surface area contributed by atoms with Gasteiger partial charge in [0.05, 0.1) is 19.4 Å². The molecule has 1 fully saturated rings. The Morgan fingerprint density at radius 2 is 1.83 bits per heavy atom. The monoisotopic (exact) mass is 325 g/mol. The molecule has 0 spiro atoms. The fourth-order valence-corrected chi connectivity index (χ4v) is 3.08. The average molecular weight is 325 g/mol. The molecule has 1 aromatic carbocycles. The summed E-state index contributed by atoms with van der Waals surface area (Å²) in [7, 11) is 0. The quantitative estimate of drug-likeness (QED) is 0.800. The van der Waals surface area contributed by atoms with Crippen LogP contribution in [0.1, 0.15) is 36.1 Å². The zero-order valence-corrected chi connectivity index (χ0v) is 14.0. The lowest BCUT2D eigenvalue weighted by Crippen LogP contribution is -3.11. The van der Waals surface area contributed by atoms with Gasteiger partial charge in [-0.3, -0.25) is 4.79 Å². The molecule has 126 valence electrons. The molecule has 1 aliphatic rings. The van der Waals surface area contributed by atoms with Gasteiger partial charge < -0.3 is 14.6 Å². The fourth-order valence-electron chi connectivity index (χ4n) is 3.08. The van der Waals surface area contributed by atoms with Gasteiger partial charge in [-0.05, 0) is 43.0 Å². The lowest BCUT2D eigenvalue weighted by atomic mass is 10.1. The lowest BCUT2D eigenvalue weighted by molar-refractivity contribution is -0.918. The number of nitrogens with one attached hydrogen (secondary N) is 2. The minimum Gasteiger partial charge on any atom is -0.465 e. The van der Waals surface area contributed by atoms with Crippen LogP contribution in [0.2, 0.25) is 0 Å². The van der Waals surface area contributed by atoms with Crippen molar-refractivity contribution in [3.05, 3.63) is 65.6 Å². The minimum atomic E-state index is -0.117. The SMILES string of the molecule is O=C(/C=C/c1ccco1)NCc1ccc(C[NH+]2CCCCC2)cc1. The predicted octanol–water partition coefficient (Wildman–Crippen LogP) is 2.18. The van der Waals surface area contributed by atoms with Crippen LogP contribution >= 0.6 is 0 Å². The Balaban J connectivity index is 1.44. The second-order valence-electron chi connectivity index (χ2n) is 6.37. The molecule has 0 atom stereocenters. The largest absolute Gasteiger partial charge is 0.465 e. The topological polar surface area (TPSA) is 46.7 Å². The number of hydrogen-bond acceptors (Lipinski definition) is 2. The van der Waals surface area contributed by atoms with Crippen molar-refractivity contribution in [2.45, 2.75) is 32.4 Å². The zero-order valence-electron chi connectivity index (χ0n) is 14.0. The van der Waals surface area contributed by atoms with Crippen molar-refractivity contribution in [3.63, 3.8) is 0 Å². The molecule has 4 heteroatoms. The molecule has 3 rings (SSSR count). The zero-order chi connectivity index (χ0) is 16.6. The Morgan fingerprint density at radius 1 is 1.08 bits per heavy atom. The van der Waals surface area contributed by atoms with Crippen molar-refractivity contribution >= 4 is 12.0 Å². The van der Waals surface area contributed by atoms with Crippen LogP contribution in [0.15, 0.2) is 53.2 Å². The number of carbonyl (C=O) groups excluding carboxylic acids is 1. The second-order valence-corrected chi connectivity index (χ2v) is 6.37. The summed E-state index contributed by atoms with van der Waals surface area (Å²) < 4.78 is 5.15. The highest BCUT2D eigenvalue weighted by Gasteiger charge is 2.13. The summed E-state index contributed by atoms with van der Waals surface area (Å²) in [4.78, 5) is 13.5. The predicted molar refractivity (Wildman–Crippen MR) is 94.3 cm³/mol. The number of piperidine rings is 1. The number of carbonyl (C=O) groups is 1. The summed E-state index contributed by atoms with van der Waals surface area (Å²) in [5.41, 5.74) is 2.49. The molecular weight excluding hydrogens is 300 g/mol. The number of likely N-dealkylation sites (tertiary alicyclic amines) is 1. The standard InChI is InChI=1S/C20H24N2O2/c23-20(11-10-19-5-4-14-24-19)21-15-17-6-8-18(9-7-17)16-22-12-2-1-3-13-22/h4-11,14H,1-3,12-13,15-16H2,(H,21,23)/p+1/b11-10+. The van der Waals surface area contributed by atoms with Crippen LogP contribution in [0.5, 0.6) is 0 Å². The van der Waals surface area contributed by atoms with Crippen LogP contribution in [-0.4, -0.2) is 19.0 Å². The maximum Gasteiger partial charge on any atom is 0.244 e. The van der Waals surface area contributed by atoms with E-state index in [2.05, 4.69) is 29.6 Å². The Labute approximate surface area is 143 Å². The van der Waals surface area contributed by atoms with E-state index in [0.717, 1.165) is 12.1 Å². The van der Waals surface area contributed by atoms with E-state index < -0.39 is 0 Å². The lowest BCUT2D eigenvalue weighted by Gasteiger charge is -2.23. The van der Waals surface area contributed by atoms with Gasteiger partial charge in [-0.2, -0.15) is 0 Å². The molecule has 2 heterocycles. The van der Waals surface area contributed by atoms with Crippen molar-refractivity contribution in [1.29, 1.82) is 0 Å². The van der Waals surface area contributed by atoms with Crippen LogP contribution in [0.3, 0.4) is 0 Å². The van der Waals surface area contributed by atoms with Gasteiger partial charge in [0.1, 0.15) is 12.3 Å². The molecule has 0 bridgehead atoms. The van der Waals surface area contributed by atoms with Crippen LogP contribution in [0.4, 0.5) is 0 Å². The molecule has 0 radical (unpaired) electrons. The number of furan rings is 1. The normalized spacial score (nSPS) is 15.7. The fraction of sp³-hybridized carbons (Fsp3) is 0.350. The number of rotatable bonds is 6. The third-order valence-corrected chi connectivity index (χ3v) is 4.45. The van der Waals surface area contributed by atoms with Gasteiger partial charge in [-0.1, -0.05) is 24.3 Å². The number of quaternary nitrogens is 1. The van der Waals surface area contributed by atoms with E-state index in [0.29, 0.717) is 12.3 Å². The van der Waals surface area contributed by atoms with Gasteiger partial charge >= 0.3 is 0 Å². The number of benzene rings is 1. The highest BCUT2D eigenvalue weighted by Crippen LogP contribution is 2.05. The molecule has 0 unspecified atom stereocenters. The first-order chi connectivity index (χ1) is 11.8. The number of hydrogen-bond donors (Lipinski definition) is 2. The summed E-state index contributed by atoms with van der Waals surface area (Å²) in [6.07, 6.45) is 8.84.